The molecule has 0 atom stereocenters. The number of anilines is 2. The van der Waals surface area contributed by atoms with Crippen molar-refractivity contribution in [1.82, 2.24) is 14.4 Å². The molecule has 1 aromatic carbocycles. The van der Waals surface area contributed by atoms with Gasteiger partial charge in [0.25, 0.3) is 5.91 Å². The Kier molecular flexibility index (Phi) is 5.46. The van der Waals surface area contributed by atoms with Crippen LogP contribution in [0.25, 0.3) is 5.52 Å². The van der Waals surface area contributed by atoms with Gasteiger partial charge in [-0.3, -0.25) is 10.1 Å². The van der Waals surface area contributed by atoms with E-state index < -0.39 is 0 Å². The lowest BCUT2D eigenvalue weighted by atomic mass is 10.2. The zero-order chi connectivity index (χ0) is 21.9. The number of rotatable bonds is 5. The van der Waals surface area contributed by atoms with Crippen LogP contribution >= 0.6 is 0 Å². The first-order valence-electron chi connectivity index (χ1n) is 10.9. The normalized spacial score (nSPS) is 13.2. The van der Waals surface area contributed by atoms with Crippen molar-refractivity contribution in [3.63, 3.8) is 0 Å². The second-order valence-corrected chi connectivity index (χ2v) is 7.99. The highest BCUT2D eigenvalue weighted by Gasteiger charge is 2.20. The van der Waals surface area contributed by atoms with Gasteiger partial charge in [-0.25, -0.2) is 4.98 Å². The minimum atomic E-state index is -0.255. The predicted octanol–water partition coefficient (Wildman–Crippen LogP) is 4.62. The summed E-state index contributed by atoms with van der Waals surface area (Å²) in [4.78, 5) is 22.3. The van der Waals surface area contributed by atoms with Gasteiger partial charge in [0.1, 0.15) is 5.69 Å². The molecule has 7 heteroatoms. The van der Waals surface area contributed by atoms with E-state index in [-0.39, 0.29) is 11.9 Å². The molecule has 2 N–H and O–H groups in total. The van der Waals surface area contributed by atoms with Crippen LogP contribution < -0.4 is 15.4 Å². The van der Waals surface area contributed by atoms with Crippen LogP contribution in [0.5, 0.6) is 5.75 Å². The lowest BCUT2D eigenvalue weighted by molar-refractivity contribution is 0.102. The van der Waals surface area contributed by atoms with E-state index in [0.717, 1.165) is 41.6 Å². The lowest BCUT2D eigenvalue weighted by Crippen LogP contribution is -2.19. The Bertz CT molecular complexity index is 1270. The quantitative estimate of drug-likeness (QED) is 0.486. The molecule has 1 aliphatic rings. The van der Waals surface area contributed by atoms with E-state index in [4.69, 9.17) is 4.74 Å². The number of carbonyl (C=O) groups is 1. The van der Waals surface area contributed by atoms with E-state index in [1.165, 1.54) is 0 Å². The van der Waals surface area contributed by atoms with E-state index in [2.05, 4.69) is 32.7 Å². The molecule has 1 aliphatic heterocycles. The number of aryl methyl sites for hydroxylation is 2. The highest BCUT2D eigenvalue weighted by molar-refractivity contribution is 6.02. The summed E-state index contributed by atoms with van der Waals surface area (Å²) in [6, 6.07) is 17.8. The average molecular weight is 428 g/mol. The first kappa shape index (κ1) is 20.1. The van der Waals surface area contributed by atoms with Crippen molar-refractivity contribution < 1.29 is 9.53 Å². The summed E-state index contributed by atoms with van der Waals surface area (Å²) in [5.74, 6) is 1.30. The second-order valence-electron chi connectivity index (χ2n) is 7.99. The minimum Gasteiger partial charge on any atom is -0.488 e. The van der Waals surface area contributed by atoms with E-state index >= 15 is 0 Å². The smallest absolute Gasteiger partial charge is 0.274 e. The van der Waals surface area contributed by atoms with Crippen LogP contribution in [-0.4, -0.2) is 26.9 Å². The topological polar surface area (TPSA) is 80.5 Å². The van der Waals surface area contributed by atoms with Gasteiger partial charge in [0.05, 0.1) is 12.3 Å². The molecular weight excluding hydrogens is 402 g/mol. The molecule has 0 saturated heterocycles. The van der Waals surface area contributed by atoms with E-state index in [1.54, 1.807) is 6.07 Å². The number of ether oxygens (including phenoxy) is 1. The third-order valence-electron chi connectivity index (χ3n) is 5.52. The van der Waals surface area contributed by atoms with Crippen LogP contribution in [-0.2, 0) is 13.0 Å². The Balaban J connectivity index is 1.45. The van der Waals surface area contributed by atoms with Gasteiger partial charge in [-0.1, -0.05) is 36.4 Å². The van der Waals surface area contributed by atoms with Gasteiger partial charge in [-0.2, -0.15) is 4.98 Å². The van der Waals surface area contributed by atoms with E-state index in [0.29, 0.717) is 30.4 Å². The van der Waals surface area contributed by atoms with Crippen LogP contribution in [0, 0.1) is 6.92 Å². The highest BCUT2D eigenvalue weighted by atomic mass is 16.5. The van der Waals surface area contributed by atoms with Gasteiger partial charge in [-0.05, 0) is 55.5 Å². The Morgan fingerprint density at radius 2 is 1.97 bits per heavy atom. The molecule has 7 nitrogen and oxygen atoms in total. The molecule has 162 valence electrons. The zero-order valence-electron chi connectivity index (χ0n) is 18.0. The van der Waals surface area contributed by atoms with Crippen LogP contribution in [0.3, 0.4) is 0 Å². The number of amides is 1. The molecule has 0 radical (unpaired) electrons. The molecule has 4 heterocycles. The van der Waals surface area contributed by atoms with Gasteiger partial charge in [0.2, 0.25) is 5.95 Å². The number of hydrogen-bond donors (Lipinski definition) is 2. The summed E-state index contributed by atoms with van der Waals surface area (Å²) in [5, 5.41) is 6.26. The van der Waals surface area contributed by atoms with Crippen molar-refractivity contribution in [2.75, 3.05) is 17.2 Å². The van der Waals surface area contributed by atoms with Gasteiger partial charge in [0, 0.05) is 18.3 Å². The monoisotopic (exact) mass is 427 g/mol. The minimum absolute atomic E-state index is 0.255. The molecular formula is C25H25N5O2. The molecule has 3 aromatic heterocycles. The molecule has 0 aliphatic carbocycles. The van der Waals surface area contributed by atoms with Crippen molar-refractivity contribution in [3.05, 3.63) is 83.3 Å². The molecule has 0 unspecified atom stereocenters. The Morgan fingerprint density at radius 1 is 1.09 bits per heavy atom. The molecule has 0 spiro atoms. The van der Waals surface area contributed by atoms with Crippen molar-refractivity contribution in [2.45, 2.75) is 32.7 Å². The molecule has 5 rings (SSSR count). The number of carbonyl (C=O) groups excluding carboxylic acids is 1. The summed E-state index contributed by atoms with van der Waals surface area (Å²) < 4.78 is 7.85. The van der Waals surface area contributed by atoms with Gasteiger partial charge >= 0.3 is 0 Å². The molecule has 0 saturated carbocycles. The fraction of sp³-hybridized carbons (Fsp3) is 0.240. The van der Waals surface area contributed by atoms with Crippen LogP contribution in [0.1, 0.15) is 40.2 Å². The zero-order valence-corrected chi connectivity index (χ0v) is 18.0. The summed E-state index contributed by atoms with van der Waals surface area (Å²) >= 11 is 0. The second kappa shape index (κ2) is 8.70. The largest absolute Gasteiger partial charge is 0.488 e. The third-order valence-corrected chi connectivity index (χ3v) is 5.52. The first-order chi connectivity index (χ1) is 15.7. The fourth-order valence-electron chi connectivity index (χ4n) is 3.97. The summed E-state index contributed by atoms with van der Waals surface area (Å²) in [7, 11) is 0. The number of nitrogens with one attached hydrogen (secondary N) is 2. The molecule has 1 amide bonds. The summed E-state index contributed by atoms with van der Waals surface area (Å²) in [6.07, 6.45) is 4.68. The highest BCUT2D eigenvalue weighted by Crippen LogP contribution is 2.31. The molecule has 32 heavy (non-hydrogen) atoms. The van der Waals surface area contributed by atoms with E-state index in [1.807, 2.05) is 53.9 Å². The molecule has 0 fully saturated rings. The van der Waals surface area contributed by atoms with Crippen LogP contribution in [0.15, 0.2) is 60.8 Å². The maximum Gasteiger partial charge on any atom is 0.274 e. The third kappa shape index (κ3) is 4.14. The van der Waals surface area contributed by atoms with Crippen LogP contribution in [0.2, 0.25) is 0 Å². The summed E-state index contributed by atoms with van der Waals surface area (Å²) in [6.45, 7) is 3.25. The van der Waals surface area contributed by atoms with Gasteiger partial charge in [0.15, 0.2) is 11.6 Å². The number of benzene rings is 1. The van der Waals surface area contributed by atoms with Gasteiger partial charge < -0.3 is 14.5 Å². The SMILES string of the molecule is Cc1cc2cccc(C(=O)Nc3nc4c(c(NCc5ccccc5)n3)OCCCC4)n2c1. The van der Waals surface area contributed by atoms with Gasteiger partial charge in [-0.15, -0.1) is 0 Å². The number of hydrogen-bond acceptors (Lipinski definition) is 5. The first-order valence-corrected chi connectivity index (χ1v) is 10.9. The standard InChI is InChI=1S/C25H25N5O2/c1-17-14-19-10-7-12-21(30(19)16-17)24(31)29-25-27-20-11-5-6-13-32-22(20)23(28-25)26-15-18-8-3-2-4-9-18/h2-4,7-10,12,14,16H,5-6,11,13,15H2,1H3,(H2,26,27,28,29,31). The molecule has 0 bridgehead atoms. The van der Waals surface area contributed by atoms with E-state index in [9.17, 15) is 4.79 Å². The Hall–Kier alpha value is -3.87. The number of fused-ring (bicyclic) bond motifs is 2. The van der Waals surface area contributed by atoms with Crippen molar-refractivity contribution in [1.29, 1.82) is 0 Å². The number of nitrogens with zero attached hydrogens (tertiary/aromatic N) is 3. The van der Waals surface area contributed by atoms with Crippen molar-refractivity contribution >= 4 is 23.2 Å². The summed E-state index contributed by atoms with van der Waals surface area (Å²) in [5.41, 5.74) is 4.55. The number of pyridine rings is 1. The maximum absolute atomic E-state index is 13.1. The van der Waals surface area contributed by atoms with Crippen molar-refractivity contribution in [2.24, 2.45) is 0 Å². The maximum atomic E-state index is 13.1. The van der Waals surface area contributed by atoms with Crippen LogP contribution in [0.4, 0.5) is 11.8 Å². The van der Waals surface area contributed by atoms with Crippen molar-refractivity contribution in [3.8, 4) is 5.75 Å². The fourth-order valence-corrected chi connectivity index (χ4v) is 3.97. The Labute approximate surface area is 186 Å². The molecule has 4 aromatic rings. The predicted molar refractivity (Wildman–Crippen MR) is 124 cm³/mol. The Morgan fingerprint density at radius 3 is 2.84 bits per heavy atom. The average Bonchev–Trinajstić information content (AvgIpc) is 3.02. The lowest BCUT2D eigenvalue weighted by Gasteiger charge is -2.15. The number of aromatic nitrogens is 3.